The first-order chi connectivity index (χ1) is 15.5. The van der Waals surface area contributed by atoms with Crippen molar-refractivity contribution in [2.24, 2.45) is 0 Å². The fraction of sp³-hybridized carbons (Fsp3) is 0.962. The summed E-state index contributed by atoms with van der Waals surface area (Å²) in [7, 11) is -3.89. The van der Waals surface area contributed by atoms with Crippen LogP contribution in [0.5, 0.6) is 0 Å². The van der Waals surface area contributed by atoms with Crippen LogP contribution in [0.1, 0.15) is 80.1 Å². The van der Waals surface area contributed by atoms with E-state index >= 15 is 0 Å². The lowest BCUT2D eigenvalue weighted by Crippen LogP contribution is -2.51. The van der Waals surface area contributed by atoms with Crippen molar-refractivity contribution in [1.82, 2.24) is 0 Å². The maximum Gasteiger partial charge on any atom is 0.306 e. The lowest BCUT2D eigenvalue weighted by molar-refractivity contribution is -0.149. The maximum atomic E-state index is 11.5. The summed E-state index contributed by atoms with van der Waals surface area (Å²) in [5.74, 6) is -0.0958. The molecule has 3 fully saturated rings. The van der Waals surface area contributed by atoms with Gasteiger partial charge in [0.15, 0.2) is 16.6 Å². The predicted octanol–water partition coefficient (Wildman–Crippen LogP) is 6.20. The molecule has 3 aliphatic heterocycles. The highest BCUT2D eigenvalue weighted by Gasteiger charge is 2.47. The highest BCUT2D eigenvalue weighted by Crippen LogP contribution is 2.42. The van der Waals surface area contributed by atoms with Crippen molar-refractivity contribution < 1.29 is 27.9 Å². The van der Waals surface area contributed by atoms with Gasteiger partial charge in [0.1, 0.15) is 6.10 Å². The fourth-order valence-electron chi connectivity index (χ4n) is 4.56. The number of cyclic esters (lactones) is 1. The van der Waals surface area contributed by atoms with Gasteiger partial charge in [-0.1, -0.05) is 41.5 Å². The quantitative estimate of drug-likeness (QED) is 0.284. The molecule has 6 nitrogen and oxygen atoms in total. The summed E-state index contributed by atoms with van der Waals surface area (Å²) < 4.78 is 32.1. The van der Waals surface area contributed by atoms with Gasteiger partial charge in [0.05, 0.1) is 37.1 Å². The Kier molecular flexibility index (Phi) is 8.53. The first-order valence-electron chi connectivity index (χ1n) is 13.3. The monoisotopic (exact) mass is 514 g/mol. The molecule has 0 N–H and O–H groups in total. The summed E-state index contributed by atoms with van der Waals surface area (Å²) >= 11 is 0. The number of rotatable bonds is 8. The molecule has 34 heavy (non-hydrogen) atoms. The molecule has 0 aromatic heterocycles. The minimum absolute atomic E-state index is 0.0142. The smallest absolute Gasteiger partial charge is 0.306 e. The van der Waals surface area contributed by atoms with Gasteiger partial charge in [0.2, 0.25) is 0 Å². The summed E-state index contributed by atoms with van der Waals surface area (Å²) in [6.45, 7) is 23.5. The van der Waals surface area contributed by atoms with Crippen LogP contribution in [0.3, 0.4) is 0 Å². The van der Waals surface area contributed by atoms with E-state index in [9.17, 15) is 4.79 Å². The van der Waals surface area contributed by atoms with E-state index in [1.165, 1.54) is 0 Å². The minimum Gasteiger partial charge on any atom is -0.460 e. The molecule has 3 aliphatic rings. The summed E-state index contributed by atoms with van der Waals surface area (Å²) in [5.41, 5.74) is 0. The predicted molar refractivity (Wildman–Crippen MR) is 140 cm³/mol. The Morgan fingerprint density at radius 1 is 0.794 bits per heavy atom. The summed E-state index contributed by atoms with van der Waals surface area (Å²) in [4.78, 5) is 11.5. The molecule has 0 aliphatic carbocycles. The molecule has 0 aromatic rings. The molecule has 0 radical (unpaired) electrons. The van der Waals surface area contributed by atoms with Crippen molar-refractivity contribution >= 4 is 22.6 Å². The molecule has 3 saturated heterocycles. The number of hydrogen-bond donors (Lipinski definition) is 0. The Labute approximate surface area is 210 Å². The van der Waals surface area contributed by atoms with E-state index in [4.69, 9.17) is 23.1 Å². The minimum atomic E-state index is -1.99. The summed E-state index contributed by atoms with van der Waals surface area (Å²) in [6.07, 6.45) is 5.17. The second-order valence-corrected chi connectivity index (χ2v) is 23.2. The van der Waals surface area contributed by atoms with E-state index in [-0.39, 0.29) is 52.7 Å². The number of carbonyl (C=O) groups is 1. The summed E-state index contributed by atoms with van der Waals surface area (Å²) in [6, 6.07) is 0. The first kappa shape index (κ1) is 28.3. The third-order valence-electron chi connectivity index (χ3n) is 9.00. The average molecular weight is 515 g/mol. The van der Waals surface area contributed by atoms with Crippen molar-refractivity contribution in [3.63, 3.8) is 0 Å². The van der Waals surface area contributed by atoms with Crippen molar-refractivity contribution in [2.75, 3.05) is 6.61 Å². The molecule has 8 heteroatoms. The van der Waals surface area contributed by atoms with Crippen LogP contribution in [0.4, 0.5) is 0 Å². The molecule has 0 spiro atoms. The van der Waals surface area contributed by atoms with Crippen LogP contribution in [0.25, 0.3) is 0 Å². The molecule has 198 valence electrons. The average Bonchev–Trinajstić information content (AvgIpc) is 3.42. The van der Waals surface area contributed by atoms with Crippen LogP contribution in [0.15, 0.2) is 0 Å². The molecule has 0 saturated carbocycles. The van der Waals surface area contributed by atoms with E-state index < -0.39 is 16.6 Å². The van der Waals surface area contributed by atoms with E-state index in [0.29, 0.717) is 13.0 Å². The molecule has 0 aromatic carbocycles. The largest absolute Gasteiger partial charge is 0.460 e. The van der Waals surface area contributed by atoms with Gasteiger partial charge in [-0.25, -0.2) is 0 Å². The van der Waals surface area contributed by atoms with E-state index in [2.05, 4.69) is 67.7 Å². The molecule has 3 rings (SSSR count). The highest BCUT2D eigenvalue weighted by atomic mass is 28.4. The molecule has 3 heterocycles. The van der Waals surface area contributed by atoms with Crippen LogP contribution >= 0.6 is 0 Å². The highest BCUT2D eigenvalue weighted by molar-refractivity contribution is 6.74. The van der Waals surface area contributed by atoms with Gasteiger partial charge in [-0.05, 0) is 68.4 Å². The van der Waals surface area contributed by atoms with Gasteiger partial charge in [-0.15, -0.1) is 0 Å². The van der Waals surface area contributed by atoms with E-state index in [1.54, 1.807) is 0 Å². The molecular formula is C26H50O6Si2. The Bertz CT molecular complexity index is 711. The van der Waals surface area contributed by atoms with Gasteiger partial charge < -0.3 is 23.1 Å². The standard InChI is InChI=1S/C26H50O6Si2/c1-25(2,3)33(7,8)28-17-23(32-34(9,10)26(4,5)6)22-14-13-19(30-22)18-11-12-20(29-18)21-15-16-24(27)31-21/h18-23H,11-17H2,1-10H3/t18-,19+,20+,21+,22+,23+/m0/s1. The van der Waals surface area contributed by atoms with Crippen LogP contribution in [-0.2, 0) is 27.9 Å². The van der Waals surface area contributed by atoms with Crippen molar-refractivity contribution in [2.45, 2.75) is 153 Å². The lowest BCUT2D eigenvalue weighted by Gasteiger charge is -2.43. The fourth-order valence-corrected chi connectivity index (χ4v) is 6.90. The van der Waals surface area contributed by atoms with Crippen LogP contribution in [-0.4, -0.2) is 65.8 Å². The van der Waals surface area contributed by atoms with Crippen LogP contribution in [0.2, 0.25) is 36.3 Å². The number of ether oxygens (including phenoxy) is 3. The van der Waals surface area contributed by atoms with Crippen LogP contribution in [0, 0.1) is 0 Å². The molecular weight excluding hydrogens is 464 g/mol. The number of hydrogen-bond acceptors (Lipinski definition) is 6. The Morgan fingerprint density at radius 3 is 1.85 bits per heavy atom. The Balaban J connectivity index is 1.64. The first-order valence-corrected chi connectivity index (χ1v) is 19.1. The third kappa shape index (κ3) is 6.54. The molecule has 6 atom stereocenters. The second kappa shape index (κ2) is 10.2. The normalized spacial score (nSPS) is 32.3. The third-order valence-corrected chi connectivity index (χ3v) is 18.0. The SMILES string of the molecule is CC(C)(C)[Si](C)(C)OC[C@@H](O[Si](C)(C)C(C)(C)C)[C@H]1CC[C@H]([C@@H]2CC[C@H]([C@H]3CCC(=O)O3)O2)O1. The zero-order valence-electron chi connectivity index (χ0n) is 23.4. The maximum absolute atomic E-state index is 11.5. The van der Waals surface area contributed by atoms with Crippen molar-refractivity contribution in [3.05, 3.63) is 0 Å². The topological polar surface area (TPSA) is 63.2 Å². The molecule has 0 unspecified atom stereocenters. The van der Waals surface area contributed by atoms with Gasteiger partial charge in [-0.3, -0.25) is 4.79 Å². The zero-order valence-corrected chi connectivity index (χ0v) is 25.4. The van der Waals surface area contributed by atoms with E-state index in [1.807, 2.05) is 0 Å². The Morgan fingerprint density at radius 2 is 1.32 bits per heavy atom. The number of esters is 1. The zero-order chi connectivity index (χ0) is 25.5. The second-order valence-electron chi connectivity index (χ2n) is 13.6. The number of carbonyl (C=O) groups excluding carboxylic acids is 1. The molecule has 0 amide bonds. The molecule has 0 bridgehead atoms. The van der Waals surface area contributed by atoms with Gasteiger partial charge in [-0.2, -0.15) is 0 Å². The van der Waals surface area contributed by atoms with Crippen LogP contribution < -0.4 is 0 Å². The Hall–Kier alpha value is -0.256. The van der Waals surface area contributed by atoms with E-state index in [0.717, 1.165) is 32.1 Å². The van der Waals surface area contributed by atoms with Gasteiger partial charge in [0, 0.05) is 6.42 Å². The van der Waals surface area contributed by atoms with Gasteiger partial charge >= 0.3 is 5.97 Å². The van der Waals surface area contributed by atoms with Gasteiger partial charge in [0.25, 0.3) is 0 Å². The lowest BCUT2D eigenvalue weighted by atomic mass is 10.0. The summed E-state index contributed by atoms with van der Waals surface area (Å²) in [5, 5.41) is 0.282. The van der Waals surface area contributed by atoms with Crippen molar-refractivity contribution in [1.29, 1.82) is 0 Å². The van der Waals surface area contributed by atoms with Crippen molar-refractivity contribution in [3.8, 4) is 0 Å².